The molecule has 1 aliphatic rings. The van der Waals surface area contributed by atoms with Crippen molar-refractivity contribution in [3.8, 4) is 0 Å². The van der Waals surface area contributed by atoms with Crippen molar-refractivity contribution in [2.24, 2.45) is 5.92 Å². The molecular formula is C19H21F3N2OS. The Kier molecular flexibility index (Phi) is 5.98. The first-order valence-electron chi connectivity index (χ1n) is 8.62. The number of hydrogen-bond donors (Lipinski definition) is 1. The molecule has 1 N–H and O–H groups in total. The lowest BCUT2D eigenvalue weighted by molar-refractivity contribution is -0.137. The third-order valence-electron chi connectivity index (χ3n) is 4.70. The van der Waals surface area contributed by atoms with Gasteiger partial charge in [-0.3, -0.25) is 9.69 Å². The van der Waals surface area contributed by atoms with Crippen LogP contribution in [0, 0.1) is 5.92 Å². The van der Waals surface area contributed by atoms with Gasteiger partial charge in [-0.05, 0) is 55.4 Å². The van der Waals surface area contributed by atoms with Crippen molar-refractivity contribution in [3.05, 3.63) is 57.8 Å². The zero-order valence-corrected chi connectivity index (χ0v) is 15.1. The van der Waals surface area contributed by atoms with Crippen LogP contribution >= 0.6 is 11.3 Å². The number of carbonyl (C=O) groups is 1. The number of benzene rings is 1. The molecule has 7 heteroatoms. The third kappa shape index (κ3) is 4.86. The van der Waals surface area contributed by atoms with E-state index in [0.717, 1.165) is 38.5 Å². The second kappa shape index (κ2) is 8.22. The number of thiophene rings is 1. The van der Waals surface area contributed by atoms with Crippen LogP contribution in [0.15, 0.2) is 41.8 Å². The number of hydrogen-bond acceptors (Lipinski definition) is 3. The highest BCUT2D eigenvalue weighted by Crippen LogP contribution is 2.31. The number of amides is 1. The molecule has 1 amide bonds. The van der Waals surface area contributed by atoms with Crippen molar-refractivity contribution in [3.63, 3.8) is 0 Å². The fraction of sp³-hybridized carbons (Fsp3) is 0.421. The molecule has 1 saturated heterocycles. The van der Waals surface area contributed by atoms with Crippen molar-refractivity contribution in [2.75, 3.05) is 19.6 Å². The molecule has 3 nitrogen and oxygen atoms in total. The molecule has 0 bridgehead atoms. The molecule has 2 aromatic rings. The largest absolute Gasteiger partial charge is 0.417 e. The number of nitrogens with zero attached hydrogens (tertiary/aromatic N) is 1. The van der Waals surface area contributed by atoms with Gasteiger partial charge < -0.3 is 5.32 Å². The second-order valence-corrected chi connectivity index (χ2v) is 7.58. The van der Waals surface area contributed by atoms with E-state index in [2.05, 4.69) is 21.7 Å². The summed E-state index contributed by atoms with van der Waals surface area (Å²) in [6.07, 6.45) is -2.65. The smallest absolute Gasteiger partial charge is 0.352 e. The monoisotopic (exact) mass is 382 g/mol. The average molecular weight is 382 g/mol. The van der Waals surface area contributed by atoms with Gasteiger partial charge in [0.05, 0.1) is 11.1 Å². The van der Waals surface area contributed by atoms with Gasteiger partial charge in [0, 0.05) is 18.0 Å². The Balaban J connectivity index is 1.49. The van der Waals surface area contributed by atoms with Crippen LogP contribution < -0.4 is 5.32 Å². The number of carbonyl (C=O) groups excluding carboxylic acids is 1. The first-order chi connectivity index (χ1) is 12.4. The number of rotatable bonds is 5. The molecule has 0 saturated carbocycles. The summed E-state index contributed by atoms with van der Waals surface area (Å²) < 4.78 is 39.1. The summed E-state index contributed by atoms with van der Waals surface area (Å²) in [7, 11) is 0. The van der Waals surface area contributed by atoms with Gasteiger partial charge in [-0.2, -0.15) is 13.2 Å². The topological polar surface area (TPSA) is 32.3 Å². The van der Waals surface area contributed by atoms with Crippen LogP contribution in [-0.4, -0.2) is 30.4 Å². The first-order valence-corrected chi connectivity index (χ1v) is 9.50. The lowest BCUT2D eigenvalue weighted by atomic mass is 9.96. The van der Waals surface area contributed by atoms with Crippen molar-refractivity contribution in [1.29, 1.82) is 0 Å². The summed E-state index contributed by atoms with van der Waals surface area (Å²) in [5.41, 5.74) is -1.20. The normalized spacial score (nSPS) is 16.6. The number of alkyl halides is 3. The van der Waals surface area contributed by atoms with Crippen LogP contribution in [-0.2, 0) is 12.7 Å². The van der Waals surface area contributed by atoms with Gasteiger partial charge in [-0.1, -0.05) is 18.2 Å². The molecule has 1 aliphatic heterocycles. The Bertz CT molecular complexity index is 723. The maximum absolute atomic E-state index is 13.0. The van der Waals surface area contributed by atoms with Crippen molar-refractivity contribution < 1.29 is 18.0 Å². The minimum absolute atomic E-state index is 0.302. The highest BCUT2D eigenvalue weighted by Gasteiger charge is 2.34. The molecule has 0 aliphatic carbocycles. The molecule has 2 heterocycles. The van der Waals surface area contributed by atoms with Gasteiger partial charge in [-0.25, -0.2) is 0 Å². The van der Waals surface area contributed by atoms with E-state index >= 15 is 0 Å². The maximum atomic E-state index is 13.0. The highest BCUT2D eigenvalue weighted by molar-refractivity contribution is 7.09. The second-order valence-electron chi connectivity index (χ2n) is 6.55. The Hall–Kier alpha value is -1.86. The van der Waals surface area contributed by atoms with Crippen LogP contribution in [0.2, 0.25) is 0 Å². The molecule has 0 atom stereocenters. The molecule has 1 aromatic carbocycles. The number of nitrogens with one attached hydrogen (secondary N) is 1. The van der Waals surface area contributed by atoms with Gasteiger partial charge in [0.1, 0.15) is 0 Å². The minimum Gasteiger partial charge on any atom is -0.352 e. The summed E-state index contributed by atoms with van der Waals surface area (Å²) in [5, 5.41) is 4.75. The van der Waals surface area contributed by atoms with Crippen LogP contribution in [0.1, 0.15) is 33.6 Å². The minimum atomic E-state index is -4.53. The Morgan fingerprint density at radius 2 is 1.88 bits per heavy atom. The molecule has 0 unspecified atom stereocenters. The van der Waals surface area contributed by atoms with Crippen molar-refractivity contribution in [1.82, 2.24) is 10.2 Å². The summed E-state index contributed by atoms with van der Waals surface area (Å²) in [4.78, 5) is 15.9. The highest BCUT2D eigenvalue weighted by atomic mass is 32.1. The quantitative estimate of drug-likeness (QED) is 0.831. The number of piperidine rings is 1. The van der Waals surface area contributed by atoms with E-state index in [-0.39, 0.29) is 5.56 Å². The van der Waals surface area contributed by atoms with Gasteiger partial charge in [0.15, 0.2) is 0 Å². The van der Waals surface area contributed by atoms with Crippen LogP contribution in [0.4, 0.5) is 13.2 Å². The van der Waals surface area contributed by atoms with Crippen LogP contribution in [0.5, 0.6) is 0 Å². The van der Waals surface area contributed by atoms with E-state index < -0.39 is 17.6 Å². The van der Waals surface area contributed by atoms with E-state index in [1.54, 1.807) is 11.3 Å². The zero-order valence-electron chi connectivity index (χ0n) is 14.3. The average Bonchev–Trinajstić information content (AvgIpc) is 3.13. The fourth-order valence-corrected chi connectivity index (χ4v) is 3.98. The number of likely N-dealkylation sites (tertiary alicyclic amines) is 1. The van der Waals surface area contributed by atoms with E-state index in [4.69, 9.17) is 0 Å². The maximum Gasteiger partial charge on any atom is 0.417 e. The predicted octanol–water partition coefficient (Wildman–Crippen LogP) is 4.41. The SMILES string of the molecule is O=C(NCC1CCN(Cc2cccs2)CC1)c1ccccc1C(F)(F)F. The lowest BCUT2D eigenvalue weighted by Crippen LogP contribution is -2.38. The number of halogens is 3. The zero-order chi connectivity index (χ0) is 18.6. The molecule has 3 rings (SSSR count). The summed E-state index contributed by atoms with van der Waals surface area (Å²) in [6.45, 7) is 3.24. The first kappa shape index (κ1) is 18.9. The predicted molar refractivity (Wildman–Crippen MR) is 96.1 cm³/mol. The lowest BCUT2D eigenvalue weighted by Gasteiger charge is -2.31. The Morgan fingerprint density at radius 3 is 2.54 bits per heavy atom. The Labute approximate surface area is 154 Å². The molecule has 140 valence electrons. The third-order valence-corrected chi connectivity index (χ3v) is 5.56. The molecule has 0 spiro atoms. The summed E-state index contributed by atoms with van der Waals surface area (Å²) in [6, 6.07) is 9.08. The molecule has 26 heavy (non-hydrogen) atoms. The molecule has 1 fully saturated rings. The van der Waals surface area contributed by atoms with Gasteiger partial charge in [0.2, 0.25) is 0 Å². The standard InChI is InChI=1S/C19H21F3N2OS/c20-19(21,22)17-6-2-1-5-16(17)18(25)23-12-14-7-9-24(10-8-14)13-15-4-3-11-26-15/h1-6,11,14H,7-10,12-13H2,(H,23,25). The van der Waals surface area contributed by atoms with Gasteiger partial charge >= 0.3 is 6.18 Å². The summed E-state index contributed by atoms with van der Waals surface area (Å²) >= 11 is 1.74. The van der Waals surface area contributed by atoms with Gasteiger partial charge in [0.25, 0.3) is 5.91 Å². The van der Waals surface area contributed by atoms with E-state index in [9.17, 15) is 18.0 Å². The summed E-state index contributed by atoms with van der Waals surface area (Å²) in [5.74, 6) is -0.351. The van der Waals surface area contributed by atoms with Gasteiger partial charge in [-0.15, -0.1) is 11.3 Å². The van der Waals surface area contributed by atoms with Crippen molar-refractivity contribution >= 4 is 17.2 Å². The molecular weight excluding hydrogens is 361 g/mol. The van der Waals surface area contributed by atoms with E-state index in [0.29, 0.717) is 12.5 Å². The van der Waals surface area contributed by atoms with E-state index in [1.165, 1.54) is 23.1 Å². The molecule has 0 radical (unpaired) electrons. The van der Waals surface area contributed by atoms with E-state index in [1.807, 2.05) is 6.07 Å². The Morgan fingerprint density at radius 1 is 1.15 bits per heavy atom. The fourth-order valence-electron chi connectivity index (χ4n) is 3.23. The van der Waals surface area contributed by atoms with Crippen LogP contribution in [0.3, 0.4) is 0 Å². The van der Waals surface area contributed by atoms with Crippen LogP contribution in [0.25, 0.3) is 0 Å². The van der Waals surface area contributed by atoms with Crippen molar-refractivity contribution in [2.45, 2.75) is 25.6 Å². The molecule has 1 aromatic heterocycles.